The summed E-state index contributed by atoms with van der Waals surface area (Å²) in [7, 11) is 0. The van der Waals surface area contributed by atoms with Crippen molar-refractivity contribution < 1.29 is 19.0 Å². The monoisotopic (exact) mass is 346 g/mol. The Morgan fingerprint density at radius 3 is 2.28 bits per heavy atom. The number of ether oxygens (including phenoxy) is 3. The van der Waals surface area contributed by atoms with Crippen molar-refractivity contribution in [3.63, 3.8) is 0 Å². The number of hydrogen-bond donors (Lipinski definition) is 0. The zero-order valence-electron chi connectivity index (χ0n) is 16.2. The largest absolute Gasteiger partial charge is 0.491 e. The van der Waals surface area contributed by atoms with Crippen LogP contribution in [0.3, 0.4) is 0 Å². The van der Waals surface area contributed by atoms with Crippen molar-refractivity contribution in [2.75, 3.05) is 13.2 Å². The van der Waals surface area contributed by atoms with Gasteiger partial charge in [0.1, 0.15) is 12.4 Å². The van der Waals surface area contributed by atoms with E-state index in [9.17, 15) is 4.79 Å². The van der Waals surface area contributed by atoms with Gasteiger partial charge in [0.15, 0.2) is 0 Å². The summed E-state index contributed by atoms with van der Waals surface area (Å²) in [5, 5.41) is 0. The van der Waals surface area contributed by atoms with E-state index in [4.69, 9.17) is 14.2 Å². The predicted octanol–water partition coefficient (Wildman–Crippen LogP) is 4.96. The minimum Gasteiger partial charge on any atom is -0.491 e. The van der Waals surface area contributed by atoms with Crippen molar-refractivity contribution in [1.29, 1.82) is 0 Å². The van der Waals surface area contributed by atoms with Crippen molar-refractivity contribution >= 4 is 12.0 Å². The second kappa shape index (κ2) is 10.0. The normalized spacial score (nSPS) is 14.6. The highest BCUT2D eigenvalue weighted by molar-refractivity contribution is 5.68. The van der Waals surface area contributed by atoms with Crippen LogP contribution in [0.1, 0.15) is 47.1 Å². The molecule has 0 saturated heterocycles. The highest BCUT2D eigenvalue weighted by Crippen LogP contribution is 2.25. The Kier molecular flexibility index (Phi) is 8.42. The van der Waals surface area contributed by atoms with Crippen LogP contribution in [0.15, 0.2) is 47.7 Å². The lowest BCUT2D eigenvalue weighted by Gasteiger charge is -2.28. The molecule has 0 radical (unpaired) electrons. The molecule has 1 aromatic rings. The first-order chi connectivity index (χ1) is 11.8. The van der Waals surface area contributed by atoms with Gasteiger partial charge in [0.05, 0.1) is 6.61 Å². The molecule has 0 saturated carbocycles. The topological polar surface area (TPSA) is 44.8 Å². The van der Waals surface area contributed by atoms with E-state index < -0.39 is 6.29 Å². The lowest BCUT2D eigenvalue weighted by molar-refractivity contribution is -0.193. The van der Waals surface area contributed by atoms with Crippen LogP contribution in [0.2, 0.25) is 0 Å². The van der Waals surface area contributed by atoms with E-state index in [0.717, 1.165) is 22.5 Å². The molecule has 0 amide bonds. The maximum absolute atomic E-state index is 10.6. The van der Waals surface area contributed by atoms with E-state index in [1.807, 2.05) is 65.8 Å². The lowest BCUT2D eigenvalue weighted by atomic mass is 9.96. The molecule has 0 aliphatic heterocycles. The average Bonchev–Trinajstić information content (AvgIpc) is 2.59. The molecule has 0 spiro atoms. The van der Waals surface area contributed by atoms with E-state index in [-0.39, 0.29) is 5.41 Å². The lowest BCUT2D eigenvalue weighted by Crippen LogP contribution is -2.32. The Morgan fingerprint density at radius 2 is 1.76 bits per heavy atom. The summed E-state index contributed by atoms with van der Waals surface area (Å²) in [5.74, 6) is 0.848. The number of allylic oxidation sites excluding steroid dienone is 3. The molecule has 0 bridgehead atoms. The van der Waals surface area contributed by atoms with Crippen molar-refractivity contribution in [2.45, 2.75) is 47.8 Å². The molecule has 4 nitrogen and oxygen atoms in total. The number of rotatable bonds is 9. The Bertz CT molecular complexity index is 594. The molecule has 0 N–H and O–H groups in total. The molecule has 1 unspecified atom stereocenters. The van der Waals surface area contributed by atoms with E-state index in [2.05, 4.69) is 12.1 Å². The van der Waals surface area contributed by atoms with Crippen molar-refractivity contribution in [2.24, 2.45) is 5.41 Å². The molecule has 138 valence electrons. The summed E-state index contributed by atoms with van der Waals surface area (Å²) < 4.78 is 16.7. The van der Waals surface area contributed by atoms with Gasteiger partial charge < -0.3 is 14.2 Å². The summed E-state index contributed by atoms with van der Waals surface area (Å²) >= 11 is 0. The molecule has 25 heavy (non-hydrogen) atoms. The number of carbonyl (C=O) groups excluding carboxylic acids is 1. The van der Waals surface area contributed by atoms with Crippen molar-refractivity contribution in [1.82, 2.24) is 0 Å². The van der Waals surface area contributed by atoms with Crippen molar-refractivity contribution in [3.05, 3.63) is 53.3 Å². The molecule has 4 heteroatoms. The van der Waals surface area contributed by atoms with Gasteiger partial charge in [-0.05, 0) is 37.5 Å². The highest BCUT2D eigenvalue weighted by atomic mass is 16.7. The molecular formula is C21H30O4. The second-order valence-corrected chi connectivity index (χ2v) is 6.94. The summed E-state index contributed by atoms with van der Waals surface area (Å²) in [6.07, 6.45) is 1.43. The SMILES string of the molecule is C/C=C(C)\C(OCCOC(OC=O)C(C)(C)C)=C(/C)c1ccccc1. The molecule has 0 fully saturated rings. The zero-order valence-corrected chi connectivity index (χ0v) is 16.2. The van der Waals surface area contributed by atoms with Gasteiger partial charge in [-0.1, -0.05) is 57.2 Å². The third-order valence-electron chi connectivity index (χ3n) is 3.82. The molecule has 1 aromatic carbocycles. The maximum atomic E-state index is 10.6. The Balaban J connectivity index is 2.77. The van der Waals surface area contributed by atoms with Crippen LogP contribution in [0.25, 0.3) is 5.57 Å². The van der Waals surface area contributed by atoms with Crippen LogP contribution in [-0.2, 0) is 19.0 Å². The first-order valence-electron chi connectivity index (χ1n) is 8.54. The quantitative estimate of drug-likeness (QED) is 0.208. The molecule has 0 heterocycles. The summed E-state index contributed by atoms with van der Waals surface area (Å²) in [6, 6.07) is 10.1. The standard InChI is InChI=1S/C21H30O4/c1-7-16(2)19(17(3)18-11-9-8-10-12-18)23-13-14-24-20(25-15-22)21(4,5)6/h7-12,15,20H,13-14H2,1-6H3/b16-7-,19-17-. The molecule has 0 aliphatic rings. The van der Waals surface area contributed by atoms with Gasteiger partial charge in [0.25, 0.3) is 6.47 Å². The fourth-order valence-corrected chi connectivity index (χ4v) is 2.31. The molecule has 1 rings (SSSR count). The van der Waals surface area contributed by atoms with Gasteiger partial charge in [0, 0.05) is 5.41 Å². The Morgan fingerprint density at radius 1 is 1.12 bits per heavy atom. The maximum Gasteiger partial charge on any atom is 0.295 e. The molecular weight excluding hydrogens is 316 g/mol. The Hall–Kier alpha value is -2.07. The first kappa shape index (κ1) is 21.0. The molecule has 0 aliphatic carbocycles. The van der Waals surface area contributed by atoms with Crippen LogP contribution in [0, 0.1) is 5.41 Å². The second-order valence-electron chi connectivity index (χ2n) is 6.94. The van der Waals surface area contributed by atoms with Gasteiger partial charge in [-0.3, -0.25) is 4.79 Å². The van der Waals surface area contributed by atoms with Crippen LogP contribution >= 0.6 is 0 Å². The van der Waals surface area contributed by atoms with Gasteiger partial charge in [0.2, 0.25) is 6.29 Å². The van der Waals surface area contributed by atoms with Crippen LogP contribution in [0.5, 0.6) is 0 Å². The number of benzene rings is 1. The average molecular weight is 346 g/mol. The summed E-state index contributed by atoms with van der Waals surface area (Å²) in [6.45, 7) is 13.1. The van der Waals surface area contributed by atoms with Crippen LogP contribution in [-0.4, -0.2) is 26.0 Å². The zero-order chi connectivity index (χ0) is 18.9. The third-order valence-corrected chi connectivity index (χ3v) is 3.82. The predicted molar refractivity (Wildman–Crippen MR) is 101 cm³/mol. The van der Waals surface area contributed by atoms with Gasteiger partial charge in [-0.25, -0.2) is 0 Å². The summed E-state index contributed by atoms with van der Waals surface area (Å²) in [4.78, 5) is 10.6. The molecule has 0 aromatic heterocycles. The van der Waals surface area contributed by atoms with Crippen LogP contribution < -0.4 is 0 Å². The van der Waals surface area contributed by atoms with E-state index >= 15 is 0 Å². The number of carbonyl (C=O) groups is 1. The highest BCUT2D eigenvalue weighted by Gasteiger charge is 2.26. The fourth-order valence-electron chi connectivity index (χ4n) is 2.31. The summed E-state index contributed by atoms with van der Waals surface area (Å²) in [5.41, 5.74) is 2.97. The van der Waals surface area contributed by atoms with Crippen molar-refractivity contribution in [3.8, 4) is 0 Å². The minimum absolute atomic E-state index is 0.293. The first-order valence-corrected chi connectivity index (χ1v) is 8.54. The fraction of sp³-hybridized carbons (Fsp3) is 0.476. The smallest absolute Gasteiger partial charge is 0.295 e. The Labute approximate surface area is 151 Å². The van der Waals surface area contributed by atoms with E-state index in [1.54, 1.807) is 0 Å². The van der Waals surface area contributed by atoms with E-state index in [1.165, 1.54) is 0 Å². The minimum atomic E-state index is -0.598. The van der Waals surface area contributed by atoms with E-state index in [0.29, 0.717) is 19.7 Å². The van der Waals surface area contributed by atoms with Gasteiger partial charge >= 0.3 is 0 Å². The third kappa shape index (κ3) is 6.75. The number of hydrogen-bond acceptors (Lipinski definition) is 4. The van der Waals surface area contributed by atoms with Gasteiger partial charge in [-0.15, -0.1) is 0 Å². The molecule has 1 atom stereocenters. The van der Waals surface area contributed by atoms with Gasteiger partial charge in [-0.2, -0.15) is 0 Å². The van der Waals surface area contributed by atoms with Crippen LogP contribution in [0.4, 0.5) is 0 Å².